The average Bonchev–Trinajstić information content (AvgIpc) is 2.11. The molecule has 1 rings (SSSR count). The highest BCUT2D eigenvalue weighted by atomic mass is 14.6. The number of hydrogen-bond acceptors (Lipinski definition) is 2. The molecule has 2 N–H and O–H groups in total. The van der Waals surface area contributed by atoms with Crippen molar-refractivity contribution >= 4 is 0 Å². The van der Waals surface area contributed by atoms with Crippen molar-refractivity contribution in [2.75, 3.05) is 0 Å². The van der Waals surface area contributed by atoms with Gasteiger partial charge in [-0.1, -0.05) is 6.92 Å². The Morgan fingerprint density at radius 3 is 2.91 bits per heavy atom. The van der Waals surface area contributed by atoms with Gasteiger partial charge in [0, 0.05) is 11.3 Å². The molecule has 0 aliphatic heterocycles. The van der Waals surface area contributed by atoms with Crippen LogP contribution in [0.1, 0.15) is 19.8 Å². The van der Waals surface area contributed by atoms with E-state index >= 15 is 0 Å². The molecule has 0 amide bonds. The lowest BCUT2D eigenvalue weighted by molar-refractivity contribution is 0.579. The first-order valence-corrected chi connectivity index (χ1v) is 3.77. The van der Waals surface area contributed by atoms with Gasteiger partial charge in [-0.3, -0.25) is 0 Å². The molecule has 0 spiro atoms. The van der Waals surface area contributed by atoms with E-state index in [2.05, 4.69) is 13.0 Å². The molecule has 1 atom stereocenters. The third kappa shape index (κ3) is 2.12. The zero-order valence-corrected chi connectivity index (χ0v) is 6.67. The third-order valence-electron chi connectivity index (χ3n) is 1.79. The second-order valence-corrected chi connectivity index (χ2v) is 3.06. The molecule has 0 heterocycles. The van der Waals surface area contributed by atoms with Crippen LogP contribution in [0.4, 0.5) is 0 Å². The Morgan fingerprint density at radius 2 is 2.27 bits per heavy atom. The summed E-state index contributed by atoms with van der Waals surface area (Å²) >= 11 is 0. The van der Waals surface area contributed by atoms with Crippen molar-refractivity contribution in [2.45, 2.75) is 19.8 Å². The quantitative estimate of drug-likeness (QED) is 0.568. The molecule has 0 aromatic carbocycles. The predicted molar refractivity (Wildman–Crippen MR) is 44.4 cm³/mol. The van der Waals surface area contributed by atoms with Crippen molar-refractivity contribution in [3.63, 3.8) is 0 Å². The van der Waals surface area contributed by atoms with Gasteiger partial charge in [-0.25, -0.2) is 0 Å². The fraction of sp³-hybridized carbons (Fsp3) is 0.444. The smallest absolute Gasteiger partial charge is 0.0947 e. The number of nitriles is 1. The van der Waals surface area contributed by atoms with Gasteiger partial charge in [-0.2, -0.15) is 5.26 Å². The van der Waals surface area contributed by atoms with Gasteiger partial charge in [0.1, 0.15) is 0 Å². The van der Waals surface area contributed by atoms with Gasteiger partial charge in [0.05, 0.1) is 6.07 Å². The Morgan fingerprint density at radius 1 is 1.55 bits per heavy atom. The Labute approximate surface area is 67.0 Å². The van der Waals surface area contributed by atoms with Crippen LogP contribution in [-0.4, -0.2) is 0 Å². The van der Waals surface area contributed by atoms with Gasteiger partial charge in [0.2, 0.25) is 0 Å². The average molecular weight is 148 g/mol. The third-order valence-corrected chi connectivity index (χ3v) is 1.79. The highest BCUT2D eigenvalue weighted by Crippen LogP contribution is 2.20. The van der Waals surface area contributed by atoms with Crippen LogP contribution in [0.3, 0.4) is 0 Å². The van der Waals surface area contributed by atoms with E-state index in [4.69, 9.17) is 11.0 Å². The topological polar surface area (TPSA) is 49.8 Å². The van der Waals surface area contributed by atoms with E-state index in [0.29, 0.717) is 5.92 Å². The molecule has 0 saturated carbocycles. The molecular formula is C9H12N2. The highest BCUT2D eigenvalue weighted by Gasteiger charge is 2.09. The van der Waals surface area contributed by atoms with Crippen molar-refractivity contribution in [1.82, 2.24) is 0 Å². The van der Waals surface area contributed by atoms with Crippen LogP contribution in [0.5, 0.6) is 0 Å². The second-order valence-electron chi connectivity index (χ2n) is 3.06. The van der Waals surface area contributed by atoms with Gasteiger partial charge < -0.3 is 5.73 Å². The van der Waals surface area contributed by atoms with Crippen LogP contribution in [0.25, 0.3) is 0 Å². The number of rotatable bonds is 0. The van der Waals surface area contributed by atoms with Crippen molar-refractivity contribution in [1.29, 1.82) is 5.26 Å². The fourth-order valence-electron chi connectivity index (χ4n) is 1.28. The summed E-state index contributed by atoms with van der Waals surface area (Å²) in [6.45, 7) is 2.11. The summed E-state index contributed by atoms with van der Waals surface area (Å²) < 4.78 is 0. The molecule has 0 bridgehead atoms. The molecule has 1 aliphatic carbocycles. The zero-order chi connectivity index (χ0) is 8.27. The Balaban J connectivity index is 2.79. The first-order valence-electron chi connectivity index (χ1n) is 3.77. The van der Waals surface area contributed by atoms with E-state index in [1.165, 1.54) is 0 Å². The maximum atomic E-state index is 8.63. The summed E-state index contributed by atoms with van der Waals surface area (Å²) in [4.78, 5) is 0. The van der Waals surface area contributed by atoms with Crippen LogP contribution >= 0.6 is 0 Å². The van der Waals surface area contributed by atoms with Crippen LogP contribution in [0, 0.1) is 17.2 Å². The zero-order valence-electron chi connectivity index (χ0n) is 6.67. The van der Waals surface area contributed by atoms with Gasteiger partial charge in [0.25, 0.3) is 0 Å². The number of nitrogens with zero attached hydrogens (tertiary/aromatic N) is 1. The SMILES string of the molecule is CC1CC(N)=CC=C(C#N)C1. The number of hydrogen-bond donors (Lipinski definition) is 1. The lowest BCUT2D eigenvalue weighted by Gasteiger charge is -2.06. The molecule has 2 heteroatoms. The molecule has 0 fully saturated rings. The van der Waals surface area contributed by atoms with Gasteiger partial charge in [-0.15, -0.1) is 0 Å². The van der Waals surface area contributed by atoms with Crippen molar-refractivity contribution in [3.8, 4) is 6.07 Å². The van der Waals surface area contributed by atoms with E-state index in [-0.39, 0.29) is 0 Å². The normalized spacial score (nSPS) is 24.5. The van der Waals surface area contributed by atoms with E-state index in [0.717, 1.165) is 24.1 Å². The molecule has 58 valence electrons. The first-order chi connectivity index (χ1) is 5.22. The van der Waals surface area contributed by atoms with Gasteiger partial charge in [0.15, 0.2) is 0 Å². The van der Waals surface area contributed by atoms with Crippen LogP contribution in [0.15, 0.2) is 23.4 Å². The number of nitrogens with two attached hydrogens (primary N) is 1. The van der Waals surface area contributed by atoms with E-state index in [1.807, 2.05) is 12.2 Å². The summed E-state index contributed by atoms with van der Waals surface area (Å²) in [5.74, 6) is 0.500. The molecular weight excluding hydrogens is 136 g/mol. The van der Waals surface area contributed by atoms with Crippen molar-refractivity contribution in [2.24, 2.45) is 11.7 Å². The Bertz CT molecular complexity index is 243. The standard InChI is InChI=1S/C9H12N2/c1-7-4-8(6-10)2-3-9(11)5-7/h2-3,7H,4-5,11H2,1H3. The van der Waals surface area contributed by atoms with Gasteiger partial charge >= 0.3 is 0 Å². The summed E-state index contributed by atoms with van der Waals surface area (Å²) in [5.41, 5.74) is 7.36. The highest BCUT2D eigenvalue weighted by molar-refractivity contribution is 5.29. The molecule has 2 nitrogen and oxygen atoms in total. The minimum Gasteiger partial charge on any atom is -0.402 e. The van der Waals surface area contributed by atoms with Crippen LogP contribution in [-0.2, 0) is 0 Å². The molecule has 0 radical (unpaired) electrons. The molecule has 1 aliphatic rings. The molecule has 11 heavy (non-hydrogen) atoms. The summed E-state index contributed by atoms with van der Waals surface area (Å²) in [6.07, 6.45) is 5.41. The lowest BCUT2D eigenvalue weighted by Crippen LogP contribution is -2.02. The largest absolute Gasteiger partial charge is 0.402 e. The fourth-order valence-corrected chi connectivity index (χ4v) is 1.28. The summed E-state index contributed by atoms with van der Waals surface area (Å²) in [7, 11) is 0. The summed E-state index contributed by atoms with van der Waals surface area (Å²) in [5, 5.41) is 8.63. The van der Waals surface area contributed by atoms with Crippen LogP contribution in [0.2, 0.25) is 0 Å². The van der Waals surface area contributed by atoms with Crippen molar-refractivity contribution in [3.05, 3.63) is 23.4 Å². The predicted octanol–water partition coefficient (Wildman–Crippen LogP) is 1.71. The lowest BCUT2D eigenvalue weighted by atomic mass is 10.00. The monoisotopic (exact) mass is 148 g/mol. The number of allylic oxidation sites excluding steroid dienone is 4. The maximum absolute atomic E-state index is 8.63. The minimum atomic E-state index is 0.500. The van der Waals surface area contributed by atoms with E-state index in [9.17, 15) is 0 Å². The first kappa shape index (κ1) is 7.87. The van der Waals surface area contributed by atoms with E-state index in [1.54, 1.807) is 0 Å². The molecule has 0 aromatic rings. The van der Waals surface area contributed by atoms with Crippen LogP contribution < -0.4 is 5.73 Å². The summed E-state index contributed by atoms with van der Waals surface area (Å²) in [6, 6.07) is 2.16. The van der Waals surface area contributed by atoms with Gasteiger partial charge in [-0.05, 0) is 30.9 Å². The Hall–Kier alpha value is -1.23. The maximum Gasteiger partial charge on any atom is 0.0947 e. The molecule has 1 unspecified atom stereocenters. The molecule has 0 saturated heterocycles. The Kier molecular flexibility index (Phi) is 2.32. The second kappa shape index (κ2) is 3.25. The minimum absolute atomic E-state index is 0.500. The van der Waals surface area contributed by atoms with E-state index < -0.39 is 0 Å². The van der Waals surface area contributed by atoms with Crippen molar-refractivity contribution < 1.29 is 0 Å². The molecule has 0 aromatic heterocycles.